The van der Waals surface area contributed by atoms with Crippen molar-refractivity contribution < 1.29 is 32.0 Å². The van der Waals surface area contributed by atoms with Gasteiger partial charge in [-0.25, -0.2) is 18.5 Å². The second kappa shape index (κ2) is 10.6. The second-order valence-electron chi connectivity index (χ2n) is 9.51. The fraction of sp³-hybridized carbons (Fsp3) is 0.185. The highest BCUT2D eigenvalue weighted by atomic mass is 32.2. The number of benzene rings is 2. The zero-order valence-corrected chi connectivity index (χ0v) is 24.2. The summed E-state index contributed by atoms with van der Waals surface area (Å²) in [5, 5.41) is 7.30. The molecule has 0 aliphatic carbocycles. The van der Waals surface area contributed by atoms with E-state index in [2.05, 4.69) is 5.32 Å². The number of furan rings is 1. The summed E-state index contributed by atoms with van der Waals surface area (Å²) in [7, 11) is -2.38. The Bertz CT molecular complexity index is 1860. The van der Waals surface area contributed by atoms with Crippen LogP contribution in [-0.4, -0.2) is 43.1 Å². The largest absolute Gasteiger partial charge is 0.497 e. The lowest BCUT2D eigenvalue weighted by molar-refractivity contribution is -0.122. The maximum Gasteiger partial charge on any atom is 0.308 e. The molecule has 0 bridgehead atoms. The maximum absolute atomic E-state index is 13.8. The summed E-state index contributed by atoms with van der Waals surface area (Å²) in [5.41, 5.74) is 0.699. The molecule has 2 aromatic heterocycles. The first-order valence-electron chi connectivity index (χ1n) is 12.4. The minimum Gasteiger partial charge on any atom is -0.497 e. The Morgan fingerprint density at radius 2 is 1.76 bits per heavy atom. The van der Waals surface area contributed by atoms with Crippen LogP contribution in [0, 0.1) is 5.92 Å². The van der Waals surface area contributed by atoms with Crippen molar-refractivity contribution in [1.82, 2.24) is 4.57 Å². The van der Waals surface area contributed by atoms with Crippen LogP contribution in [0.4, 0.5) is 11.4 Å². The number of ether oxygens (including phenoxy) is 1. The van der Waals surface area contributed by atoms with Gasteiger partial charge in [0.1, 0.15) is 23.3 Å². The van der Waals surface area contributed by atoms with Gasteiger partial charge in [-0.15, -0.1) is 0 Å². The van der Waals surface area contributed by atoms with E-state index in [1.807, 2.05) is 0 Å². The number of imide groups is 1. The number of sulfonamides is 1. The third-order valence-corrected chi connectivity index (χ3v) is 10.5. The van der Waals surface area contributed by atoms with E-state index in [0.29, 0.717) is 32.8 Å². The number of amides is 3. The lowest BCUT2D eigenvalue weighted by atomic mass is 9.87. The minimum absolute atomic E-state index is 0.113. The second-order valence-corrected chi connectivity index (χ2v) is 13.2. The van der Waals surface area contributed by atoms with Gasteiger partial charge in [0.25, 0.3) is 0 Å². The van der Waals surface area contributed by atoms with E-state index in [1.165, 1.54) is 42.2 Å². The molecule has 0 saturated carbocycles. The standard InChI is InChI=1S/C27H22N4O8S3/c1-38-16-8-6-15(7-9-16)31-24(33)21-20(18-3-2-12-39-18)23-26(40-22(21)25(31)34)30(27(35)41-23)13-19(32)29-14-4-10-17(11-5-14)42(28,36)37/h2-12,20-22H,13H2,1H3,(H,29,32)(H2,28,36,37). The monoisotopic (exact) mass is 626 g/mol. The van der Waals surface area contributed by atoms with Crippen molar-refractivity contribution in [2.75, 3.05) is 17.3 Å². The summed E-state index contributed by atoms with van der Waals surface area (Å²) >= 11 is 1.98. The molecule has 2 aromatic carbocycles. The fourth-order valence-electron chi connectivity index (χ4n) is 5.09. The summed E-state index contributed by atoms with van der Waals surface area (Å²) in [4.78, 5) is 54.8. The van der Waals surface area contributed by atoms with Crippen LogP contribution in [0.1, 0.15) is 16.6 Å². The summed E-state index contributed by atoms with van der Waals surface area (Å²) in [5.74, 6) is -1.95. The Kier molecular flexibility index (Phi) is 7.04. The van der Waals surface area contributed by atoms with Crippen LogP contribution < -0.4 is 25.0 Å². The summed E-state index contributed by atoms with van der Waals surface area (Å²) in [6.45, 7) is -0.374. The predicted molar refractivity (Wildman–Crippen MR) is 154 cm³/mol. The number of fused-ring (bicyclic) bond motifs is 2. The molecule has 12 nitrogen and oxygen atoms in total. The van der Waals surface area contributed by atoms with Crippen LogP contribution in [0.15, 0.2) is 86.1 Å². The van der Waals surface area contributed by atoms with Gasteiger partial charge in [-0.05, 0) is 60.7 Å². The van der Waals surface area contributed by atoms with Gasteiger partial charge in [-0.3, -0.25) is 23.7 Å². The van der Waals surface area contributed by atoms with Crippen molar-refractivity contribution >= 4 is 62.2 Å². The van der Waals surface area contributed by atoms with Crippen LogP contribution in [0.5, 0.6) is 5.75 Å². The van der Waals surface area contributed by atoms with Crippen molar-refractivity contribution in [3.8, 4) is 5.75 Å². The summed E-state index contributed by atoms with van der Waals surface area (Å²) in [6.07, 6.45) is 1.46. The van der Waals surface area contributed by atoms with Gasteiger partial charge < -0.3 is 14.5 Å². The van der Waals surface area contributed by atoms with Gasteiger partial charge in [-0.2, -0.15) is 0 Å². The topological polar surface area (TPSA) is 171 Å². The van der Waals surface area contributed by atoms with Gasteiger partial charge >= 0.3 is 4.87 Å². The van der Waals surface area contributed by atoms with E-state index in [0.717, 1.165) is 28.0 Å². The molecular weight excluding hydrogens is 605 g/mol. The SMILES string of the molecule is COc1ccc(N2C(=O)C3Sc4c(sc(=O)n4CC(=O)Nc4ccc(S(N)(=O)=O)cc4)C(c4ccco4)C3C2=O)cc1. The number of nitrogens with one attached hydrogen (secondary N) is 1. The zero-order valence-electron chi connectivity index (χ0n) is 21.8. The van der Waals surface area contributed by atoms with E-state index in [9.17, 15) is 27.6 Å². The zero-order chi connectivity index (χ0) is 29.8. The molecule has 1 fully saturated rings. The Labute approximate surface area is 247 Å². The predicted octanol–water partition coefficient (Wildman–Crippen LogP) is 2.59. The van der Waals surface area contributed by atoms with Crippen LogP contribution >= 0.6 is 23.1 Å². The van der Waals surface area contributed by atoms with Crippen LogP contribution in [0.3, 0.4) is 0 Å². The highest BCUT2D eigenvalue weighted by Crippen LogP contribution is 2.54. The van der Waals surface area contributed by atoms with E-state index in [-0.39, 0.29) is 11.4 Å². The Balaban J connectivity index is 1.33. The van der Waals surface area contributed by atoms with Gasteiger partial charge in [0, 0.05) is 5.69 Å². The molecule has 6 rings (SSSR count). The number of rotatable bonds is 7. The fourth-order valence-corrected chi connectivity index (χ4v) is 8.36. The number of thioether (sulfide) groups is 1. The number of hydrogen-bond acceptors (Lipinski definition) is 10. The molecule has 3 unspecified atom stereocenters. The molecule has 15 heteroatoms. The molecule has 3 amide bonds. The quantitative estimate of drug-likeness (QED) is 0.293. The molecule has 4 aromatic rings. The van der Waals surface area contributed by atoms with Gasteiger partial charge in [0.15, 0.2) is 0 Å². The molecule has 0 spiro atoms. The number of nitrogens with zero attached hydrogens (tertiary/aromatic N) is 2. The number of anilines is 2. The third-order valence-electron chi connectivity index (χ3n) is 7.00. The summed E-state index contributed by atoms with van der Waals surface area (Å²) < 4.78 is 35.2. The maximum atomic E-state index is 13.8. The van der Waals surface area contributed by atoms with E-state index < -0.39 is 49.7 Å². The van der Waals surface area contributed by atoms with E-state index >= 15 is 0 Å². The smallest absolute Gasteiger partial charge is 0.308 e. The van der Waals surface area contributed by atoms with Crippen molar-refractivity contribution in [1.29, 1.82) is 0 Å². The molecule has 0 radical (unpaired) electrons. The Hall–Kier alpha value is -4.18. The van der Waals surface area contributed by atoms with Crippen molar-refractivity contribution in [3.05, 3.63) is 87.2 Å². The lowest BCUT2D eigenvalue weighted by Crippen LogP contribution is -2.32. The highest BCUT2D eigenvalue weighted by molar-refractivity contribution is 8.00. The number of carbonyl (C=O) groups is 3. The number of hydrogen-bond donors (Lipinski definition) is 2. The number of thiazole rings is 1. The van der Waals surface area contributed by atoms with Crippen molar-refractivity contribution in [3.63, 3.8) is 0 Å². The third kappa shape index (κ3) is 4.83. The molecule has 216 valence electrons. The Morgan fingerprint density at radius 3 is 2.38 bits per heavy atom. The number of carbonyl (C=O) groups excluding carboxylic acids is 3. The van der Waals surface area contributed by atoms with Crippen molar-refractivity contribution in [2.24, 2.45) is 11.1 Å². The number of aromatic nitrogens is 1. The normalized spacial score (nSPS) is 19.9. The number of methoxy groups -OCH3 is 1. The van der Waals surface area contributed by atoms with Crippen LogP contribution in [0.25, 0.3) is 0 Å². The van der Waals surface area contributed by atoms with Gasteiger partial charge in [0.2, 0.25) is 27.7 Å². The first-order valence-corrected chi connectivity index (χ1v) is 15.7. The minimum atomic E-state index is -3.90. The molecule has 2 aliphatic rings. The van der Waals surface area contributed by atoms with Crippen LogP contribution in [0.2, 0.25) is 0 Å². The van der Waals surface area contributed by atoms with Gasteiger partial charge in [-0.1, -0.05) is 23.1 Å². The molecule has 3 N–H and O–H groups in total. The van der Waals surface area contributed by atoms with Gasteiger partial charge in [0.05, 0.1) is 45.7 Å². The molecule has 2 aliphatic heterocycles. The Morgan fingerprint density at radius 1 is 1.05 bits per heavy atom. The average Bonchev–Trinajstić information content (AvgIpc) is 3.66. The first-order chi connectivity index (χ1) is 20.1. The first kappa shape index (κ1) is 28.0. The molecule has 4 heterocycles. The number of nitrogens with two attached hydrogens (primary N) is 1. The summed E-state index contributed by atoms with van der Waals surface area (Å²) in [6, 6.07) is 15.2. The average molecular weight is 627 g/mol. The molecule has 42 heavy (non-hydrogen) atoms. The molecule has 1 saturated heterocycles. The number of primary sulfonamides is 1. The van der Waals surface area contributed by atoms with E-state index in [1.54, 1.807) is 36.4 Å². The molecule has 3 atom stereocenters. The highest BCUT2D eigenvalue weighted by Gasteiger charge is 2.57. The van der Waals surface area contributed by atoms with Crippen molar-refractivity contribution in [2.45, 2.75) is 27.6 Å². The molecular formula is C27H22N4O8S3. The van der Waals surface area contributed by atoms with Crippen LogP contribution in [-0.2, 0) is 31.0 Å². The van der Waals surface area contributed by atoms with E-state index in [4.69, 9.17) is 14.3 Å². The lowest BCUT2D eigenvalue weighted by Gasteiger charge is -2.29.